The van der Waals surface area contributed by atoms with E-state index in [1.165, 1.54) is 24.1 Å². The van der Waals surface area contributed by atoms with Crippen molar-refractivity contribution in [3.63, 3.8) is 0 Å². The predicted molar refractivity (Wildman–Crippen MR) is 103 cm³/mol. The third-order valence-electron chi connectivity index (χ3n) is 5.48. The van der Waals surface area contributed by atoms with Crippen molar-refractivity contribution in [1.29, 1.82) is 0 Å². The molecule has 0 atom stereocenters. The molecule has 1 aromatic carbocycles. The van der Waals surface area contributed by atoms with Crippen LogP contribution in [0.25, 0.3) is 0 Å². The summed E-state index contributed by atoms with van der Waals surface area (Å²) < 4.78 is 44.2. The van der Waals surface area contributed by atoms with Crippen LogP contribution in [0.15, 0.2) is 24.3 Å². The minimum Gasteiger partial charge on any atom is -0.368 e. The number of halogens is 4. The van der Waals surface area contributed by atoms with Crippen LogP contribution >= 0.6 is 12.4 Å². The van der Waals surface area contributed by atoms with Crippen molar-refractivity contribution in [2.75, 3.05) is 46.4 Å². The SMILES string of the molecule is COC1(C(=O)N2CCN(C(=O)c3cccc(C(F)(F)F)c3)CC2)CCNCC1.Cl. The summed E-state index contributed by atoms with van der Waals surface area (Å²) in [5.74, 6) is -0.538. The van der Waals surface area contributed by atoms with E-state index in [4.69, 9.17) is 4.74 Å². The predicted octanol–water partition coefficient (Wildman–Crippen LogP) is 2.18. The molecule has 2 amide bonds. The van der Waals surface area contributed by atoms with Crippen molar-refractivity contribution in [1.82, 2.24) is 15.1 Å². The number of carbonyl (C=O) groups is 2. The molecule has 0 aromatic heterocycles. The van der Waals surface area contributed by atoms with E-state index < -0.39 is 23.2 Å². The maximum Gasteiger partial charge on any atom is 0.416 e. The van der Waals surface area contributed by atoms with Crippen LogP contribution in [0.4, 0.5) is 13.2 Å². The minimum absolute atomic E-state index is 0. The summed E-state index contributed by atoms with van der Waals surface area (Å²) >= 11 is 0. The number of piperazine rings is 1. The number of benzene rings is 1. The van der Waals surface area contributed by atoms with Crippen LogP contribution in [0, 0.1) is 0 Å². The number of ether oxygens (including phenoxy) is 1. The van der Waals surface area contributed by atoms with Crippen molar-refractivity contribution in [3.05, 3.63) is 35.4 Å². The van der Waals surface area contributed by atoms with Crippen molar-refractivity contribution in [2.24, 2.45) is 0 Å². The van der Waals surface area contributed by atoms with Crippen LogP contribution in [0.3, 0.4) is 0 Å². The quantitative estimate of drug-likeness (QED) is 0.790. The lowest BCUT2D eigenvalue weighted by atomic mass is 9.90. The molecule has 29 heavy (non-hydrogen) atoms. The molecular formula is C19H25ClF3N3O3. The molecule has 1 N–H and O–H groups in total. The Morgan fingerprint density at radius 1 is 1.07 bits per heavy atom. The van der Waals surface area contributed by atoms with Gasteiger partial charge in [-0.3, -0.25) is 9.59 Å². The van der Waals surface area contributed by atoms with E-state index in [1.54, 1.807) is 4.90 Å². The first kappa shape index (κ1) is 23.4. The lowest BCUT2D eigenvalue weighted by Crippen LogP contribution is -2.59. The number of rotatable bonds is 3. The Morgan fingerprint density at radius 2 is 1.66 bits per heavy atom. The van der Waals surface area contributed by atoms with Crippen molar-refractivity contribution in [2.45, 2.75) is 24.6 Å². The third kappa shape index (κ3) is 5.02. The molecule has 2 heterocycles. The number of methoxy groups -OCH3 is 1. The third-order valence-corrected chi connectivity index (χ3v) is 5.48. The van der Waals surface area contributed by atoms with E-state index in [1.807, 2.05) is 0 Å². The molecule has 162 valence electrons. The molecule has 0 radical (unpaired) electrons. The summed E-state index contributed by atoms with van der Waals surface area (Å²) in [7, 11) is 1.54. The van der Waals surface area contributed by atoms with E-state index >= 15 is 0 Å². The molecule has 10 heteroatoms. The number of amides is 2. The van der Waals surface area contributed by atoms with Gasteiger partial charge in [0.25, 0.3) is 11.8 Å². The zero-order valence-electron chi connectivity index (χ0n) is 16.1. The van der Waals surface area contributed by atoms with Gasteiger partial charge in [0.1, 0.15) is 5.60 Å². The molecule has 6 nitrogen and oxygen atoms in total. The van der Waals surface area contributed by atoms with Gasteiger partial charge in [0, 0.05) is 38.9 Å². The summed E-state index contributed by atoms with van der Waals surface area (Å²) in [6.45, 7) is 2.63. The maximum absolute atomic E-state index is 13.0. The summed E-state index contributed by atoms with van der Waals surface area (Å²) in [6, 6.07) is 4.42. The monoisotopic (exact) mass is 435 g/mol. The van der Waals surface area contributed by atoms with Gasteiger partial charge in [0.2, 0.25) is 0 Å². The fraction of sp³-hybridized carbons (Fsp3) is 0.579. The molecule has 0 unspecified atom stereocenters. The van der Waals surface area contributed by atoms with Crippen LogP contribution in [0.2, 0.25) is 0 Å². The zero-order valence-corrected chi connectivity index (χ0v) is 16.9. The normalized spacial score (nSPS) is 19.4. The summed E-state index contributed by atoms with van der Waals surface area (Å²) in [4.78, 5) is 28.7. The van der Waals surface area contributed by atoms with Gasteiger partial charge < -0.3 is 19.9 Å². The number of hydrogen-bond acceptors (Lipinski definition) is 4. The molecule has 2 fully saturated rings. The van der Waals surface area contributed by atoms with Crippen molar-refractivity contribution >= 4 is 24.2 Å². The molecule has 0 spiro atoms. The highest BCUT2D eigenvalue weighted by Crippen LogP contribution is 2.30. The Balaban J connectivity index is 0.00000300. The van der Waals surface area contributed by atoms with Crippen LogP contribution in [0.1, 0.15) is 28.8 Å². The molecule has 3 rings (SSSR count). The lowest BCUT2D eigenvalue weighted by molar-refractivity contribution is -0.159. The lowest BCUT2D eigenvalue weighted by Gasteiger charge is -2.42. The Morgan fingerprint density at radius 3 is 2.21 bits per heavy atom. The van der Waals surface area contributed by atoms with E-state index in [2.05, 4.69) is 5.32 Å². The Labute approximate surface area is 173 Å². The number of hydrogen-bond donors (Lipinski definition) is 1. The molecule has 2 aliphatic rings. The van der Waals surface area contributed by atoms with Crippen LogP contribution < -0.4 is 5.32 Å². The molecule has 2 aliphatic heterocycles. The highest BCUT2D eigenvalue weighted by molar-refractivity contribution is 5.94. The number of piperidine rings is 1. The summed E-state index contributed by atoms with van der Waals surface area (Å²) in [5.41, 5.74) is -1.68. The second-order valence-electron chi connectivity index (χ2n) is 7.11. The Bertz CT molecular complexity index is 731. The van der Waals surface area contributed by atoms with Gasteiger partial charge in [-0.25, -0.2) is 0 Å². The summed E-state index contributed by atoms with van der Waals surface area (Å²) in [6.07, 6.45) is -3.32. The fourth-order valence-corrected chi connectivity index (χ4v) is 3.75. The highest BCUT2D eigenvalue weighted by atomic mass is 35.5. The first-order chi connectivity index (χ1) is 13.3. The minimum atomic E-state index is -4.50. The van der Waals surface area contributed by atoms with Gasteiger partial charge in [0.05, 0.1) is 5.56 Å². The van der Waals surface area contributed by atoms with Gasteiger partial charge in [-0.05, 0) is 44.1 Å². The standard InChI is InChI=1S/C19H24F3N3O3.ClH/c1-28-18(5-7-23-8-6-18)17(27)25-11-9-24(10-12-25)16(26)14-3-2-4-15(13-14)19(20,21)22;/h2-4,13,23H,5-12H2,1H3;1H. The van der Waals surface area contributed by atoms with Gasteiger partial charge >= 0.3 is 6.18 Å². The maximum atomic E-state index is 13.0. The van der Waals surface area contributed by atoms with Crippen molar-refractivity contribution in [3.8, 4) is 0 Å². The molecule has 2 saturated heterocycles. The number of carbonyl (C=O) groups excluding carboxylic acids is 2. The molecule has 1 aromatic rings. The van der Waals surface area contributed by atoms with Gasteiger partial charge in [-0.1, -0.05) is 6.07 Å². The van der Waals surface area contributed by atoms with Crippen LogP contribution in [-0.2, 0) is 15.7 Å². The van der Waals surface area contributed by atoms with Gasteiger partial charge in [-0.2, -0.15) is 13.2 Å². The van der Waals surface area contributed by atoms with Crippen LogP contribution in [-0.4, -0.2) is 73.6 Å². The second-order valence-corrected chi connectivity index (χ2v) is 7.11. The highest BCUT2D eigenvalue weighted by Gasteiger charge is 2.43. The Kier molecular flexibility index (Phi) is 7.53. The number of alkyl halides is 3. The van der Waals surface area contributed by atoms with Crippen molar-refractivity contribution < 1.29 is 27.5 Å². The van der Waals surface area contributed by atoms with Gasteiger partial charge in [0.15, 0.2) is 0 Å². The van der Waals surface area contributed by atoms with Crippen LogP contribution in [0.5, 0.6) is 0 Å². The largest absolute Gasteiger partial charge is 0.416 e. The fourth-order valence-electron chi connectivity index (χ4n) is 3.75. The zero-order chi connectivity index (χ0) is 20.4. The smallest absolute Gasteiger partial charge is 0.368 e. The average molecular weight is 436 g/mol. The van der Waals surface area contributed by atoms with E-state index in [0.717, 1.165) is 12.1 Å². The second kappa shape index (κ2) is 9.32. The molecule has 0 saturated carbocycles. The molecule has 0 aliphatic carbocycles. The average Bonchev–Trinajstić information content (AvgIpc) is 2.73. The molecule has 0 bridgehead atoms. The molecular weight excluding hydrogens is 411 g/mol. The number of nitrogens with one attached hydrogen (secondary N) is 1. The first-order valence-electron chi connectivity index (χ1n) is 9.29. The first-order valence-corrected chi connectivity index (χ1v) is 9.29. The number of nitrogens with zero attached hydrogens (tertiary/aromatic N) is 2. The van der Waals surface area contributed by atoms with Gasteiger partial charge in [-0.15, -0.1) is 12.4 Å². The van der Waals surface area contributed by atoms with E-state index in [0.29, 0.717) is 39.0 Å². The summed E-state index contributed by atoms with van der Waals surface area (Å²) in [5, 5.41) is 3.20. The van der Waals surface area contributed by atoms with E-state index in [-0.39, 0.29) is 37.0 Å². The Hall–Kier alpha value is -1.84. The topological polar surface area (TPSA) is 61.9 Å². The van der Waals surface area contributed by atoms with E-state index in [9.17, 15) is 22.8 Å².